The van der Waals surface area contributed by atoms with E-state index in [2.05, 4.69) is 5.32 Å². The molecule has 3 heteroatoms. The fourth-order valence-electron chi connectivity index (χ4n) is 1.90. The Morgan fingerprint density at radius 1 is 1.27 bits per heavy atom. The quantitative estimate of drug-likeness (QED) is 0.551. The SMILES string of the molecule is OC1(C2CCOCC2)CNC1. The third kappa shape index (κ3) is 1.28. The van der Waals surface area contributed by atoms with Crippen LogP contribution in [-0.4, -0.2) is 37.0 Å². The summed E-state index contributed by atoms with van der Waals surface area (Å²) >= 11 is 0. The van der Waals surface area contributed by atoms with Gasteiger partial charge in [-0.25, -0.2) is 0 Å². The Morgan fingerprint density at radius 2 is 1.91 bits per heavy atom. The molecule has 3 nitrogen and oxygen atoms in total. The number of rotatable bonds is 1. The van der Waals surface area contributed by atoms with Crippen LogP contribution < -0.4 is 5.32 Å². The van der Waals surface area contributed by atoms with Gasteiger partial charge in [0, 0.05) is 26.3 Å². The highest BCUT2D eigenvalue weighted by molar-refractivity contribution is 4.98. The van der Waals surface area contributed by atoms with Gasteiger partial charge >= 0.3 is 0 Å². The fraction of sp³-hybridized carbons (Fsp3) is 1.00. The normalized spacial score (nSPS) is 31.4. The van der Waals surface area contributed by atoms with Crippen molar-refractivity contribution in [1.29, 1.82) is 0 Å². The molecule has 0 bridgehead atoms. The molecule has 11 heavy (non-hydrogen) atoms. The summed E-state index contributed by atoms with van der Waals surface area (Å²) in [5, 5.41) is 13.0. The van der Waals surface area contributed by atoms with Crippen molar-refractivity contribution >= 4 is 0 Å². The van der Waals surface area contributed by atoms with E-state index in [0.717, 1.165) is 39.1 Å². The van der Waals surface area contributed by atoms with Crippen molar-refractivity contribution in [1.82, 2.24) is 5.32 Å². The van der Waals surface area contributed by atoms with Gasteiger partial charge in [0.2, 0.25) is 0 Å². The van der Waals surface area contributed by atoms with Crippen LogP contribution in [-0.2, 0) is 4.74 Å². The lowest BCUT2D eigenvalue weighted by Crippen LogP contribution is -2.64. The first-order chi connectivity index (χ1) is 5.31. The summed E-state index contributed by atoms with van der Waals surface area (Å²) in [5.74, 6) is 0.470. The average molecular weight is 157 g/mol. The Kier molecular flexibility index (Phi) is 1.87. The Labute approximate surface area is 66.7 Å². The van der Waals surface area contributed by atoms with Crippen molar-refractivity contribution in [3.05, 3.63) is 0 Å². The van der Waals surface area contributed by atoms with Gasteiger partial charge in [-0.15, -0.1) is 0 Å². The van der Waals surface area contributed by atoms with E-state index in [9.17, 15) is 5.11 Å². The molecule has 2 saturated heterocycles. The molecule has 2 aliphatic rings. The van der Waals surface area contributed by atoms with Crippen LogP contribution in [0.15, 0.2) is 0 Å². The zero-order chi connectivity index (χ0) is 7.73. The Morgan fingerprint density at radius 3 is 2.36 bits per heavy atom. The highest BCUT2D eigenvalue weighted by Gasteiger charge is 2.42. The van der Waals surface area contributed by atoms with Crippen LogP contribution in [0.5, 0.6) is 0 Å². The van der Waals surface area contributed by atoms with Gasteiger partial charge in [-0.2, -0.15) is 0 Å². The molecule has 0 radical (unpaired) electrons. The molecule has 2 rings (SSSR count). The lowest BCUT2D eigenvalue weighted by Gasteiger charge is -2.45. The molecule has 2 N–H and O–H groups in total. The van der Waals surface area contributed by atoms with Crippen molar-refractivity contribution in [2.24, 2.45) is 5.92 Å². The van der Waals surface area contributed by atoms with E-state index in [0.29, 0.717) is 5.92 Å². The highest BCUT2D eigenvalue weighted by Crippen LogP contribution is 2.30. The summed E-state index contributed by atoms with van der Waals surface area (Å²) in [4.78, 5) is 0. The van der Waals surface area contributed by atoms with Gasteiger partial charge in [-0.1, -0.05) is 0 Å². The number of β-amino-alcohol motifs (C(OH)–C–C–N with tert-alkyl or cyclic N) is 1. The van der Waals surface area contributed by atoms with Crippen molar-refractivity contribution in [3.8, 4) is 0 Å². The van der Waals surface area contributed by atoms with E-state index >= 15 is 0 Å². The van der Waals surface area contributed by atoms with Crippen LogP contribution in [0.3, 0.4) is 0 Å². The smallest absolute Gasteiger partial charge is 0.0924 e. The Balaban J connectivity index is 1.91. The van der Waals surface area contributed by atoms with E-state index in [-0.39, 0.29) is 0 Å². The molecule has 0 unspecified atom stereocenters. The molecule has 0 atom stereocenters. The summed E-state index contributed by atoms with van der Waals surface area (Å²) in [7, 11) is 0. The van der Waals surface area contributed by atoms with Crippen LogP contribution in [0.25, 0.3) is 0 Å². The fourth-order valence-corrected chi connectivity index (χ4v) is 1.90. The first-order valence-electron chi connectivity index (χ1n) is 4.32. The number of nitrogens with one attached hydrogen (secondary N) is 1. The van der Waals surface area contributed by atoms with Gasteiger partial charge in [0.1, 0.15) is 0 Å². The number of hydrogen-bond donors (Lipinski definition) is 2. The summed E-state index contributed by atoms with van der Waals surface area (Å²) in [5.41, 5.74) is -0.399. The minimum Gasteiger partial charge on any atom is -0.387 e. The van der Waals surface area contributed by atoms with E-state index in [1.807, 2.05) is 0 Å². The molecule has 0 amide bonds. The number of hydrogen-bond acceptors (Lipinski definition) is 3. The van der Waals surface area contributed by atoms with Crippen molar-refractivity contribution < 1.29 is 9.84 Å². The molecule has 0 aromatic carbocycles. The molecular weight excluding hydrogens is 142 g/mol. The molecule has 64 valence electrons. The van der Waals surface area contributed by atoms with Crippen LogP contribution in [0.1, 0.15) is 12.8 Å². The second-order valence-electron chi connectivity index (χ2n) is 3.59. The second kappa shape index (κ2) is 2.73. The average Bonchev–Trinajstić information content (AvgIpc) is 2.02. The lowest BCUT2D eigenvalue weighted by molar-refractivity contribution is -0.0957. The van der Waals surface area contributed by atoms with E-state index in [1.165, 1.54) is 0 Å². The van der Waals surface area contributed by atoms with Crippen molar-refractivity contribution in [2.45, 2.75) is 18.4 Å². The zero-order valence-electron chi connectivity index (χ0n) is 6.68. The predicted molar refractivity (Wildman–Crippen MR) is 41.4 cm³/mol. The molecule has 0 spiro atoms. The van der Waals surface area contributed by atoms with Crippen LogP contribution >= 0.6 is 0 Å². The molecular formula is C8H15NO2. The van der Waals surface area contributed by atoms with E-state index in [1.54, 1.807) is 0 Å². The largest absolute Gasteiger partial charge is 0.387 e. The van der Waals surface area contributed by atoms with Crippen LogP contribution in [0.2, 0.25) is 0 Å². The van der Waals surface area contributed by atoms with E-state index in [4.69, 9.17) is 4.74 Å². The van der Waals surface area contributed by atoms with Gasteiger partial charge in [-0.3, -0.25) is 0 Å². The first-order valence-corrected chi connectivity index (χ1v) is 4.32. The van der Waals surface area contributed by atoms with Crippen molar-refractivity contribution in [3.63, 3.8) is 0 Å². The van der Waals surface area contributed by atoms with Gasteiger partial charge in [0.25, 0.3) is 0 Å². The molecule has 0 aliphatic carbocycles. The number of aliphatic hydroxyl groups is 1. The van der Waals surface area contributed by atoms with Gasteiger partial charge in [0.15, 0.2) is 0 Å². The minimum absolute atomic E-state index is 0.399. The molecule has 2 heterocycles. The lowest BCUT2D eigenvalue weighted by atomic mass is 9.78. The van der Waals surface area contributed by atoms with Gasteiger partial charge in [-0.05, 0) is 18.8 Å². The maximum atomic E-state index is 9.92. The maximum absolute atomic E-state index is 9.92. The minimum atomic E-state index is -0.399. The summed E-state index contributed by atoms with van der Waals surface area (Å²) in [6.07, 6.45) is 2.05. The molecule has 2 aliphatic heterocycles. The molecule has 2 fully saturated rings. The monoisotopic (exact) mass is 157 g/mol. The summed E-state index contributed by atoms with van der Waals surface area (Å²) in [6.45, 7) is 3.20. The van der Waals surface area contributed by atoms with E-state index < -0.39 is 5.60 Å². The van der Waals surface area contributed by atoms with Gasteiger partial charge < -0.3 is 15.2 Å². The zero-order valence-corrected chi connectivity index (χ0v) is 6.68. The first kappa shape index (κ1) is 7.53. The maximum Gasteiger partial charge on any atom is 0.0924 e. The third-order valence-electron chi connectivity index (χ3n) is 2.84. The third-order valence-corrected chi connectivity index (χ3v) is 2.84. The van der Waals surface area contributed by atoms with Crippen LogP contribution in [0, 0.1) is 5.92 Å². The summed E-state index contributed by atoms with van der Waals surface area (Å²) < 4.78 is 5.23. The topological polar surface area (TPSA) is 41.5 Å². The number of ether oxygens (including phenoxy) is 1. The Hall–Kier alpha value is -0.120. The second-order valence-corrected chi connectivity index (χ2v) is 3.59. The van der Waals surface area contributed by atoms with Crippen LogP contribution in [0.4, 0.5) is 0 Å². The predicted octanol–water partition coefficient (Wildman–Crippen LogP) is -0.253. The standard InChI is InChI=1S/C8H15NO2/c10-8(5-9-6-8)7-1-3-11-4-2-7/h7,9-10H,1-6H2. The van der Waals surface area contributed by atoms with Crippen molar-refractivity contribution in [2.75, 3.05) is 26.3 Å². The van der Waals surface area contributed by atoms with Gasteiger partial charge in [0.05, 0.1) is 5.60 Å². The Bertz CT molecular complexity index is 139. The molecule has 0 aromatic heterocycles. The molecule has 0 aromatic rings. The molecule has 0 saturated carbocycles. The highest BCUT2D eigenvalue weighted by atomic mass is 16.5. The summed E-state index contributed by atoms with van der Waals surface area (Å²) in [6, 6.07) is 0.